The zero-order chi connectivity index (χ0) is 12.2. The number of rotatable bonds is 0. The second kappa shape index (κ2) is 7.38. The predicted octanol–water partition coefficient (Wildman–Crippen LogP) is -1.78. The summed E-state index contributed by atoms with van der Waals surface area (Å²) in [5.41, 5.74) is 0. The van der Waals surface area contributed by atoms with Gasteiger partial charge in [-0.05, 0) is 0 Å². The number of carbonyl (C=O) groups is 2. The van der Waals surface area contributed by atoms with Crippen molar-refractivity contribution in [1.29, 1.82) is 0 Å². The molecule has 0 spiro atoms. The van der Waals surface area contributed by atoms with Crippen LogP contribution >= 0.6 is 0 Å². The van der Waals surface area contributed by atoms with Crippen molar-refractivity contribution < 1.29 is 46.1 Å². The molecule has 0 radical (unpaired) electrons. The molecule has 0 N–H and O–H groups in total. The molecular formula is C4BaF6O4. The van der Waals surface area contributed by atoms with Gasteiger partial charge in [-0.3, -0.25) is 0 Å². The van der Waals surface area contributed by atoms with E-state index in [2.05, 4.69) is 0 Å². The van der Waals surface area contributed by atoms with E-state index < -0.39 is 24.3 Å². The van der Waals surface area contributed by atoms with E-state index >= 15 is 0 Å². The fourth-order valence-corrected chi connectivity index (χ4v) is 0. The first-order valence-electron chi connectivity index (χ1n) is 2.45. The molecule has 0 heterocycles. The minimum atomic E-state index is -5.19. The van der Waals surface area contributed by atoms with Gasteiger partial charge in [0.2, 0.25) is 0 Å². The van der Waals surface area contributed by atoms with Crippen LogP contribution in [-0.4, -0.2) is 73.2 Å². The Morgan fingerprint density at radius 2 is 0.800 bits per heavy atom. The van der Waals surface area contributed by atoms with E-state index in [1.165, 1.54) is 0 Å². The zero-order valence-electron chi connectivity index (χ0n) is 6.61. The largest absolute Gasteiger partial charge is 2.00 e. The van der Waals surface area contributed by atoms with Gasteiger partial charge in [0.1, 0.15) is 11.9 Å². The molecule has 0 aliphatic rings. The molecule has 0 saturated heterocycles. The third-order valence-corrected chi connectivity index (χ3v) is 0.463. The van der Waals surface area contributed by atoms with Gasteiger partial charge < -0.3 is 19.8 Å². The van der Waals surface area contributed by atoms with Crippen LogP contribution in [0.25, 0.3) is 0 Å². The fraction of sp³-hybridized carbons (Fsp3) is 0.500. The summed E-state index contributed by atoms with van der Waals surface area (Å²) in [5, 5.41) is 17.6. The van der Waals surface area contributed by atoms with Gasteiger partial charge in [0, 0.05) is 0 Å². The van der Waals surface area contributed by atoms with Crippen LogP contribution < -0.4 is 10.2 Å². The number of carboxylic acid groups (broad SMARTS) is 2. The number of hydrogen-bond acceptors (Lipinski definition) is 4. The van der Waals surface area contributed by atoms with Crippen molar-refractivity contribution in [3.05, 3.63) is 0 Å². The molecule has 0 unspecified atom stereocenters. The molecule has 11 heteroatoms. The first-order valence-corrected chi connectivity index (χ1v) is 2.45. The first kappa shape index (κ1) is 20.5. The number of halogens is 6. The Morgan fingerprint density at radius 3 is 0.800 bits per heavy atom. The fourth-order valence-electron chi connectivity index (χ4n) is 0. The monoisotopic (exact) mass is 364 g/mol. The molecule has 4 nitrogen and oxygen atoms in total. The van der Waals surface area contributed by atoms with E-state index in [1.807, 2.05) is 0 Å². The third kappa shape index (κ3) is 14.1. The van der Waals surface area contributed by atoms with Crippen molar-refractivity contribution in [2.45, 2.75) is 12.4 Å². The molecule has 0 rings (SSSR count). The van der Waals surface area contributed by atoms with Crippen LogP contribution in [0.1, 0.15) is 0 Å². The Bertz CT molecular complexity index is 196. The Labute approximate surface area is 118 Å². The second-order valence-corrected chi connectivity index (χ2v) is 1.57. The van der Waals surface area contributed by atoms with E-state index in [0.29, 0.717) is 0 Å². The smallest absolute Gasteiger partial charge is 0.542 e. The number of carbonyl (C=O) groups excluding carboxylic acids is 2. The molecule has 15 heavy (non-hydrogen) atoms. The Morgan fingerprint density at radius 1 is 0.733 bits per heavy atom. The minimum Gasteiger partial charge on any atom is -0.542 e. The molecule has 0 amide bonds. The first-order chi connectivity index (χ1) is 5.89. The summed E-state index contributed by atoms with van der Waals surface area (Å²) < 4.78 is 63.1. The standard InChI is InChI=1S/2C2HF3O2.Ba/c2*3-2(4,5)1(6)7;/h2*(H,6,7);/q;;+2/p-2. The summed E-state index contributed by atoms with van der Waals surface area (Å²) in [7, 11) is 0. The van der Waals surface area contributed by atoms with Gasteiger partial charge >= 0.3 is 61.2 Å². The molecule has 0 aliphatic heterocycles. The molecule has 0 fully saturated rings. The molecular weight excluding hydrogens is 363 g/mol. The summed E-state index contributed by atoms with van der Waals surface area (Å²) in [6.07, 6.45) is -10.4. The summed E-state index contributed by atoms with van der Waals surface area (Å²) in [6, 6.07) is 0. The maximum atomic E-state index is 10.5. The van der Waals surface area contributed by atoms with Crippen molar-refractivity contribution in [3.8, 4) is 0 Å². The van der Waals surface area contributed by atoms with E-state index in [4.69, 9.17) is 19.8 Å². The topological polar surface area (TPSA) is 80.3 Å². The third-order valence-electron chi connectivity index (χ3n) is 0.463. The Kier molecular flexibility index (Phi) is 10.1. The van der Waals surface area contributed by atoms with Crippen LogP contribution in [0.2, 0.25) is 0 Å². The van der Waals surface area contributed by atoms with Crippen molar-refractivity contribution in [2.24, 2.45) is 0 Å². The van der Waals surface area contributed by atoms with Crippen LogP contribution in [0, 0.1) is 0 Å². The van der Waals surface area contributed by atoms with E-state index in [-0.39, 0.29) is 48.9 Å². The molecule has 0 atom stereocenters. The van der Waals surface area contributed by atoms with Gasteiger partial charge in [-0.25, -0.2) is 0 Å². The van der Waals surface area contributed by atoms with Gasteiger partial charge in [-0.1, -0.05) is 0 Å². The normalized spacial score (nSPS) is 10.5. The zero-order valence-corrected chi connectivity index (χ0v) is 11.0. The van der Waals surface area contributed by atoms with Gasteiger partial charge in [-0.15, -0.1) is 0 Å². The Hall–Kier alpha value is 0.0914. The maximum Gasteiger partial charge on any atom is 2.00 e. The van der Waals surface area contributed by atoms with Gasteiger partial charge in [-0.2, -0.15) is 26.3 Å². The molecule has 0 bridgehead atoms. The minimum absolute atomic E-state index is 0. The van der Waals surface area contributed by atoms with Crippen molar-refractivity contribution in [1.82, 2.24) is 0 Å². The summed E-state index contributed by atoms with van der Waals surface area (Å²) >= 11 is 0. The van der Waals surface area contributed by atoms with Gasteiger partial charge in [0.15, 0.2) is 0 Å². The quantitative estimate of drug-likeness (QED) is 0.376. The predicted molar refractivity (Wildman–Crippen MR) is 27.9 cm³/mol. The molecule has 0 aromatic carbocycles. The van der Waals surface area contributed by atoms with Crippen molar-refractivity contribution >= 4 is 60.8 Å². The number of aliphatic carboxylic acids is 2. The average molecular weight is 363 g/mol. The van der Waals surface area contributed by atoms with Crippen LogP contribution in [0.5, 0.6) is 0 Å². The van der Waals surface area contributed by atoms with E-state index in [0.717, 1.165) is 0 Å². The van der Waals surface area contributed by atoms with E-state index in [9.17, 15) is 26.3 Å². The number of carboxylic acids is 2. The molecule has 84 valence electrons. The van der Waals surface area contributed by atoms with E-state index in [1.54, 1.807) is 0 Å². The molecule has 0 aliphatic carbocycles. The summed E-state index contributed by atoms with van der Waals surface area (Å²) in [4.78, 5) is 17.6. The van der Waals surface area contributed by atoms with Crippen LogP contribution in [-0.2, 0) is 9.59 Å². The summed E-state index contributed by atoms with van der Waals surface area (Å²) in [5.74, 6) is -6.01. The van der Waals surface area contributed by atoms with Crippen molar-refractivity contribution in [2.75, 3.05) is 0 Å². The van der Waals surface area contributed by atoms with Gasteiger partial charge in [0.25, 0.3) is 0 Å². The van der Waals surface area contributed by atoms with Crippen LogP contribution in [0.4, 0.5) is 26.3 Å². The average Bonchev–Trinajstić information content (AvgIpc) is 1.83. The molecule has 0 aromatic heterocycles. The Balaban J connectivity index is -0.000000180. The van der Waals surface area contributed by atoms with Gasteiger partial charge in [0.05, 0.1) is 0 Å². The molecule has 0 saturated carbocycles. The van der Waals surface area contributed by atoms with Crippen molar-refractivity contribution in [3.63, 3.8) is 0 Å². The maximum absolute atomic E-state index is 10.5. The SMILES string of the molecule is O=C([O-])C(F)(F)F.O=C([O-])C(F)(F)F.[Ba+2]. The van der Waals surface area contributed by atoms with Crippen LogP contribution in [0.15, 0.2) is 0 Å². The number of alkyl halides is 6. The molecule has 0 aromatic rings. The summed E-state index contributed by atoms with van der Waals surface area (Å²) in [6.45, 7) is 0. The number of hydrogen-bond donors (Lipinski definition) is 0. The second-order valence-electron chi connectivity index (χ2n) is 1.57. The van der Waals surface area contributed by atoms with Crippen LogP contribution in [0.3, 0.4) is 0 Å².